The molecule has 24 heavy (non-hydrogen) atoms. The number of likely N-dealkylation sites (tertiary alicyclic amines) is 1. The van der Waals surface area contributed by atoms with Gasteiger partial charge in [-0.25, -0.2) is 4.79 Å². The molecule has 2 amide bonds. The topological polar surface area (TPSA) is 70.4 Å². The van der Waals surface area contributed by atoms with E-state index < -0.39 is 18.8 Å². The molecule has 0 saturated carbocycles. The minimum Gasteiger partial charge on any atom is -0.394 e. The molecule has 6 nitrogen and oxygen atoms in total. The van der Waals surface area contributed by atoms with E-state index in [1.54, 1.807) is 25.7 Å². The maximum absolute atomic E-state index is 12.6. The number of hydrogen-bond acceptors (Lipinski definition) is 3. The first kappa shape index (κ1) is 18.6. The largest absolute Gasteiger partial charge is 0.408 e. The normalized spacial score (nSPS) is 19.6. The second-order valence-electron chi connectivity index (χ2n) is 6.20. The van der Waals surface area contributed by atoms with Crippen LogP contribution in [0.5, 0.6) is 0 Å². The minimum absolute atomic E-state index is 0.0939. The number of hydrogen-bond donors (Lipinski definition) is 2. The van der Waals surface area contributed by atoms with Gasteiger partial charge in [0.05, 0.1) is 24.4 Å². The number of aliphatic hydroxyl groups is 1. The van der Waals surface area contributed by atoms with E-state index in [-0.39, 0.29) is 18.7 Å². The third-order valence-corrected chi connectivity index (χ3v) is 4.39. The van der Waals surface area contributed by atoms with Gasteiger partial charge in [0, 0.05) is 17.8 Å². The average molecular weight is 348 g/mol. The fourth-order valence-corrected chi connectivity index (χ4v) is 3.29. The summed E-state index contributed by atoms with van der Waals surface area (Å²) in [5.41, 5.74) is 1.44. The average Bonchev–Trinajstić information content (AvgIpc) is 3.02. The summed E-state index contributed by atoms with van der Waals surface area (Å²) in [6, 6.07) is -0.992. The lowest BCUT2D eigenvalue weighted by molar-refractivity contribution is -0.143. The second-order valence-corrected chi connectivity index (χ2v) is 6.20. The number of nitrogens with zero attached hydrogens (tertiary/aromatic N) is 3. The van der Waals surface area contributed by atoms with Gasteiger partial charge < -0.3 is 15.3 Å². The Hall–Kier alpha value is -1.77. The van der Waals surface area contributed by atoms with E-state index in [0.717, 1.165) is 17.5 Å². The van der Waals surface area contributed by atoms with Gasteiger partial charge in [0.25, 0.3) is 0 Å². The molecule has 1 aliphatic rings. The van der Waals surface area contributed by atoms with Crippen molar-refractivity contribution in [3.8, 4) is 0 Å². The highest BCUT2D eigenvalue weighted by molar-refractivity contribution is 5.75. The summed E-state index contributed by atoms with van der Waals surface area (Å²) in [7, 11) is 0. The van der Waals surface area contributed by atoms with Crippen LogP contribution in [0.1, 0.15) is 42.8 Å². The van der Waals surface area contributed by atoms with Crippen LogP contribution in [-0.4, -0.2) is 51.2 Å². The number of alkyl halides is 3. The smallest absolute Gasteiger partial charge is 0.394 e. The zero-order chi connectivity index (χ0) is 18.1. The summed E-state index contributed by atoms with van der Waals surface area (Å²) in [4.78, 5) is 13.9. The molecule has 0 unspecified atom stereocenters. The lowest BCUT2D eigenvalue weighted by Gasteiger charge is -2.25. The van der Waals surface area contributed by atoms with Gasteiger partial charge in [-0.3, -0.25) is 4.68 Å². The molecule has 2 N–H and O–H groups in total. The van der Waals surface area contributed by atoms with Crippen molar-refractivity contribution in [2.24, 2.45) is 0 Å². The molecule has 136 valence electrons. The quantitative estimate of drug-likeness (QED) is 0.877. The number of carbonyl (C=O) groups is 1. The van der Waals surface area contributed by atoms with Crippen molar-refractivity contribution in [2.45, 2.75) is 58.4 Å². The molecule has 2 atom stereocenters. The van der Waals surface area contributed by atoms with Gasteiger partial charge >= 0.3 is 12.2 Å². The summed E-state index contributed by atoms with van der Waals surface area (Å²) in [5, 5.41) is 16.0. The van der Waals surface area contributed by atoms with Crippen LogP contribution in [0.2, 0.25) is 0 Å². The number of aromatic nitrogens is 2. The third kappa shape index (κ3) is 4.00. The van der Waals surface area contributed by atoms with Gasteiger partial charge in [-0.2, -0.15) is 18.3 Å². The third-order valence-electron chi connectivity index (χ3n) is 4.39. The maximum Gasteiger partial charge on any atom is 0.408 e. The molecule has 1 saturated heterocycles. The van der Waals surface area contributed by atoms with Crippen LogP contribution in [0.15, 0.2) is 0 Å². The molecule has 0 radical (unpaired) electrons. The molecule has 1 fully saturated rings. The monoisotopic (exact) mass is 348 g/mol. The van der Waals surface area contributed by atoms with E-state index in [1.165, 1.54) is 0 Å². The highest BCUT2D eigenvalue weighted by atomic mass is 19.4. The molecular weight excluding hydrogens is 325 g/mol. The van der Waals surface area contributed by atoms with Crippen LogP contribution in [0.25, 0.3) is 0 Å². The van der Waals surface area contributed by atoms with E-state index in [1.807, 2.05) is 0 Å². The minimum atomic E-state index is -4.35. The van der Waals surface area contributed by atoms with Gasteiger partial charge in [-0.05, 0) is 33.6 Å². The van der Waals surface area contributed by atoms with Gasteiger partial charge in [-0.15, -0.1) is 0 Å². The van der Waals surface area contributed by atoms with Gasteiger partial charge in [-0.1, -0.05) is 0 Å². The fraction of sp³-hybridized carbons (Fsp3) is 0.733. The number of nitrogens with one attached hydrogen (secondary N) is 1. The van der Waals surface area contributed by atoms with E-state index >= 15 is 0 Å². The van der Waals surface area contributed by atoms with Crippen LogP contribution < -0.4 is 5.32 Å². The number of halogens is 3. The van der Waals surface area contributed by atoms with Crippen LogP contribution in [0.4, 0.5) is 18.0 Å². The van der Waals surface area contributed by atoms with Crippen molar-refractivity contribution in [1.82, 2.24) is 20.0 Å². The SMILES string of the molecule is Cc1nn(CC(F)(F)F)c(C)c1[C@@H](C)NC(=O)N1CCC[C@H]1CO. The first-order chi connectivity index (χ1) is 11.1. The number of urea groups is 1. The predicted octanol–water partition coefficient (Wildman–Crippen LogP) is 2.29. The number of aliphatic hydroxyl groups excluding tert-OH is 1. The lowest BCUT2D eigenvalue weighted by Crippen LogP contribution is -2.45. The molecule has 0 bridgehead atoms. The number of carbonyl (C=O) groups excluding carboxylic acids is 1. The molecule has 1 aromatic rings. The zero-order valence-electron chi connectivity index (χ0n) is 14.0. The van der Waals surface area contributed by atoms with Crippen molar-refractivity contribution >= 4 is 6.03 Å². The van der Waals surface area contributed by atoms with E-state index in [2.05, 4.69) is 10.4 Å². The molecule has 1 aromatic heterocycles. The Kier molecular flexibility index (Phi) is 5.42. The summed E-state index contributed by atoms with van der Waals surface area (Å²) in [6.07, 6.45) is -2.77. The standard InChI is InChI=1S/C15H23F3N4O2/c1-9(19-14(24)21-6-4-5-12(21)7-23)13-10(2)20-22(11(13)3)8-15(16,17)18/h9,12,23H,4-8H2,1-3H3,(H,19,24)/t9-,12+/m1/s1. The Morgan fingerprint density at radius 2 is 2.12 bits per heavy atom. The molecular formula is C15H23F3N4O2. The van der Waals surface area contributed by atoms with Crippen LogP contribution in [-0.2, 0) is 6.54 Å². The van der Waals surface area contributed by atoms with E-state index in [9.17, 15) is 23.1 Å². The summed E-state index contributed by atoms with van der Waals surface area (Å²) in [5.74, 6) is 0. The summed E-state index contributed by atoms with van der Waals surface area (Å²) in [6.45, 7) is 4.23. The molecule has 0 aliphatic carbocycles. The second kappa shape index (κ2) is 7.00. The molecule has 1 aliphatic heterocycles. The Balaban J connectivity index is 2.12. The number of amides is 2. The van der Waals surface area contributed by atoms with Gasteiger partial charge in [0.15, 0.2) is 0 Å². The van der Waals surface area contributed by atoms with Crippen LogP contribution >= 0.6 is 0 Å². The Bertz CT molecular complexity index is 600. The fourth-order valence-electron chi connectivity index (χ4n) is 3.29. The summed E-state index contributed by atoms with van der Waals surface area (Å²) >= 11 is 0. The van der Waals surface area contributed by atoms with Crippen LogP contribution in [0.3, 0.4) is 0 Å². The Morgan fingerprint density at radius 1 is 1.46 bits per heavy atom. The molecule has 2 rings (SSSR count). The van der Waals surface area contributed by atoms with Gasteiger partial charge in [0.2, 0.25) is 0 Å². The van der Waals surface area contributed by atoms with Crippen LogP contribution in [0, 0.1) is 13.8 Å². The highest BCUT2D eigenvalue weighted by Gasteiger charge is 2.32. The molecule has 0 spiro atoms. The first-order valence-electron chi connectivity index (χ1n) is 7.92. The highest BCUT2D eigenvalue weighted by Crippen LogP contribution is 2.25. The Morgan fingerprint density at radius 3 is 2.71 bits per heavy atom. The van der Waals surface area contributed by atoms with Crippen molar-refractivity contribution in [3.63, 3.8) is 0 Å². The number of aryl methyl sites for hydroxylation is 1. The Labute approximate surface area is 138 Å². The molecule has 2 heterocycles. The molecule has 9 heteroatoms. The van der Waals surface area contributed by atoms with Crippen molar-refractivity contribution in [1.29, 1.82) is 0 Å². The maximum atomic E-state index is 12.6. The van der Waals surface area contributed by atoms with Crippen molar-refractivity contribution in [2.75, 3.05) is 13.2 Å². The van der Waals surface area contributed by atoms with E-state index in [4.69, 9.17) is 0 Å². The van der Waals surface area contributed by atoms with E-state index in [0.29, 0.717) is 23.5 Å². The lowest BCUT2D eigenvalue weighted by atomic mass is 10.1. The van der Waals surface area contributed by atoms with Crippen molar-refractivity contribution in [3.05, 3.63) is 17.0 Å². The first-order valence-corrected chi connectivity index (χ1v) is 7.92. The van der Waals surface area contributed by atoms with Gasteiger partial charge in [0.1, 0.15) is 6.54 Å². The zero-order valence-corrected chi connectivity index (χ0v) is 14.0. The predicted molar refractivity (Wildman–Crippen MR) is 81.5 cm³/mol. The summed E-state index contributed by atoms with van der Waals surface area (Å²) < 4.78 is 38.7. The molecule has 0 aromatic carbocycles. The number of rotatable bonds is 4. The van der Waals surface area contributed by atoms with Crippen molar-refractivity contribution < 1.29 is 23.1 Å².